The summed E-state index contributed by atoms with van der Waals surface area (Å²) in [5.74, 6) is 2.58. The number of aromatic amines is 1. The number of anilines is 1. The summed E-state index contributed by atoms with van der Waals surface area (Å²) in [5.41, 5.74) is 0. The predicted molar refractivity (Wildman–Crippen MR) is 77.9 cm³/mol. The Labute approximate surface area is 120 Å². The quantitative estimate of drug-likeness (QED) is 0.840. The number of rotatable bonds is 5. The Kier molecular flexibility index (Phi) is 4.21. The highest BCUT2D eigenvalue weighted by Gasteiger charge is 2.30. The van der Waals surface area contributed by atoms with Crippen LogP contribution in [0.3, 0.4) is 0 Å². The van der Waals surface area contributed by atoms with Crippen LogP contribution in [0.25, 0.3) is 0 Å². The Morgan fingerprint density at radius 2 is 2.25 bits per heavy atom. The van der Waals surface area contributed by atoms with Gasteiger partial charge in [0.05, 0.1) is 6.10 Å². The van der Waals surface area contributed by atoms with Gasteiger partial charge in [-0.1, -0.05) is 0 Å². The molecule has 1 saturated heterocycles. The summed E-state index contributed by atoms with van der Waals surface area (Å²) in [6, 6.07) is 0.504. The molecule has 1 saturated carbocycles. The van der Waals surface area contributed by atoms with Gasteiger partial charge in [-0.15, -0.1) is 5.10 Å². The van der Waals surface area contributed by atoms with Crippen molar-refractivity contribution in [3.8, 4) is 0 Å². The summed E-state index contributed by atoms with van der Waals surface area (Å²) in [6.07, 6.45) is 3.79. The molecule has 0 unspecified atom stereocenters. The van der Waals surface area contributed by atoms with E-state index in [0.717, 1.165) is 57.3 Å². The van der Waals surface area contributed by atoms with Crippen LogP contribution < -0.4 is 10.2 Å². The molecular weight excluding hydrogens is 254 g/mol. The molecule has 3 rings (SSSR count). The van der Waals surface area contributed by atoms with E-state index in [4.69, 9.17) is 4.74 Å². The second kappa shape index (κ2) is 6.10. The number of piperazine rings is 1. The topological polar surface area (TPSA) is 66.1 Å². The lowest BCUT2D eigenvalue weighted by atomic mass is 9.80. The van der Waals surface area contributed by atoms with Gasteiger partial charge in [-0.2, -0.15) is 4.98 Å². The van der Waals surface area contributed by atoms with Gasteiger partial charge in [-0.25, -0.2) is 0 Å². The molecule has 0 aromatic carbocycles. The molecule has 112 valence electrons. The van der Waals surface area contributed by atoms with E-state index in [9.17, 15) is 0 Å². The molecule has 0 bridgehead atoms. The Bertz CT molecular complexity index is 429. The first-order chi connectivity index (χ1) is 9.74. The third-order valence-corrected chi connectivity index (χ3v) is 4.25. The molecule has 6 heteroatoms. The fourth-order valence-electron chi connectivity index (χ4n) is 3.12. The van der Waals surface area contributed by atoms with E-state index in [-0.39, 0.29) is 0 Å². The van der Waals surface area contributed by atoms with Crippen molar-refractivity contribution in [2.45, 2.75) is 45.3 Å². The second-order valence-corrected chi connectivity index (χ2v) is 6.00. The van der Waals surface area contributed by atoms with Crippen molar-refractivity contribution in [1.29, 1.82) is 0 Å². The van der Waals surface area contributed by atoms with E-state index < -0.39 is 0 Å². The maximum atomic E-state index is 5.60. The van der Waals surface area contributed by atoms with Crippen LogP contribution in [0.4, 0.5) is 5.95 Å². The van der Waals surface area contributed by atoms with E-state index in [1.165, 1.54) is 0 Å². The van der Waals surface area contributed by atoms with E-state index in [1.54, 1.807) is 0 Å². The molecule has 0 spiro atoms. The van der Waals surface area contributed by atoms with Gasteiger partial charge >= 0.3 is 0 Å². The number of ether oxygens (including phenoxy) is 1. The molecule has 1 aromatic heterocycles. The average molecular weight is 279 g/mol. The molecule has 0 radical (unpaired) electrons. The largest absolute Gasteiger partial charge is 0.378 e. The number of H-pyrrole nitrogens is 1. The average Bonchev–Trinajstić information content (AvgIpc) is 2.85. The summed E-state index contributed by atoms with van der Waals surface area (Å²) in [6.45, 7) is 8.05. The zero-order valence-corrected chi connectivity index (χ0v) is 12.4. The first kappa shape index (κ1) is 13.8. The maximum Gasteiger partial charge on any atom is 0.244 e. The molecule has 2 aliphatic rings. The van der Waals surface area contributed by atoms with Gasteiger partial charge in [0.1, 0.15) is 5.82 Å². The zero-order chi connectivity index (χ0) is 13.9. The molecule has 1 atom stereocenters. The van der Waals surface area contributed by atoms with Crippen LogP contribution in [-0.2, 0) is 11.2 Å². The van der Waals surface area contributed by atoms with Crippen LogP contribution in [0.5, 0.6) is 0 Å². The van der Waals surface area contributed by atoms with Crippen molar-refractivity contribution >= 4 is 5.95 Å². The molecule has 20 heavy (non-hydrogen) atoms. The van der Waals surface area contributed by atoms with Gasteiger partial charge in [0, 0.05) is 38.7 Å². The standard InChI is InChI=1S/C14H25N5O/c1-3-20-12-6-11(7-12)8-13-16-14(18-17-13)19-5-4-15-10(2)9-19/h10-12,15H,3-9H2,1-2H3,(H,16,17,18)/t10-,11?,12?/m0/s1. The van der Waals surface area contributed by atoms with Gasteiger partial charge in [-0.3, -0.25) is 5.10 Å². The SMILES string of the molecule is CCOC1CC(Cc2nc(N3CCN[C@@H](C)C3)n[nH]2)C1. The lowest BCUT2D eigenvalue weighted by Gasteiger charge is -2.34. The highest BCUT2D eigenvalue weighted by Crippen LogP contribution is 2.32. The van der Waals surface area contributed by atoms with Gasteiger partial charge < -0.3 is 15.0 Å². The van der Waals surface area contributed by atoms with E-state index in [2.05, 4.69) is 39.2 Å². The molecular formula is C14H25N5O. The van der Waals surface area contributed by atoms with Crippen LogP contribution in [0, 0.1) is 5.92 Å². The van der Waals surface area contributed by atoms with Crippen molar-refractivity contribution in [2.24, 2.45) is 5.92 Å². The molecule has 2 N–H and O–H groups in total. The lowest BCUT2D eigenvalue weighted by molar-refractivity contribution is -0.0245. The number of hydrogen-bond acceptors (Lipinski definition) is 5. The highest BCUT2D eigenvalue weighted by atomic mass is 16.5. The van der Waals surface area contributed by atoms with Crippen LogP contribution in [0.1, 0.15) is 32.5 Å². The van der Waals surface area contributed by atoms with Crippen molar-refractivity contribution in [3.63, 3.8) is 0 Å². The summed E-state index contributed by atoms with van der Waals surface area (Å²) in [5, 5.41) is 10.9. The summed E-state index contributed by atoms with van der Waals surface area (Å²) in [4.78, 5) is 6.91. The molecule has 0 amide bonds. The normalized spacial score (nSPS) is 30.3. The first-order valence-corrected chi connectivity index (χ1v) is 7.75. The van der Waals surface area contributed by atoms with Crippen LogP contribution in [0.2, 0.25) is 0 Å². The van der Waals surface area contributed by atoms with Gasteiger partial charge in [-0.05, 0) is 32.6 Å². The van der Waals surface area contributed by atoms with Crippen molar-refractivity contribution in [2.75, 3.05) is 31.1 Å². The number of aromatic nitrogens is 3. The summed E-state index contributed by atoms with van der Waals surface area (Å²) in [7, 11) is 0. The van der Waals surface area contributed by atoms with Gasteiger partial charge in [0.2, 0.25) is 5.95 Å². The highest BCUT2D eigenvalue weighted by molar-refractivity contribution is 5.30. The number of nitrogens with one attached hydrogen (secondary N) is 2. The Hall–Kier alpha value is -1.14. The molecule has 1 aliphatic heterocycles. The first-order valence-electron chi connectivity index (χ1n) is 7.75. The Morgan fingerprint density at radius 1 is 1.40 bits per heavy atom. The van der Waals surface area contributed by atoms with Crippen LogP contribution in [0.15, 0.2) is 0 Å². The van der Waals surface area contributed by atoms with E-state index in [0.29, 0.717) is 18.1 Å². The second-order valence-electron chi connectivity index (χ2n) is 6.00. The minimum atomic E-state index is 0.474. The molecule has 6 nitrogen and oxygen atoms in total. The third-order valence-electron chi connectivity index (χ3n) is 4.25. The fraction of sp³-hybridized carbons (Fsp3) is 0.857. The third kappa shape index (κ3) is 3.12. The summed E-state index contributed by atoms with van der Waals surface area (Å²) >= 11 is 0. The monoisotopic (exact) mass is 279 g/mol. The Balaban J connectivity index is 1.50. The van der Waals surface area contributed by atoms with E-state index in [1.807, 2.05) is 0 Å². The van der Waals surface area contributed by atoms with Gasteiger partial charge in [0.25, 0.3) is 0 Å². The molecule has 1 aliphatic carbocycles. The minimum Gasteiger partial charge on any atom is -0.378 e. The van der Waals surface area contributed by atoms with Crippen LogP contribution in [-0.4, -0.2) is 53.6 Å². The number of hydrogen-bond donors (Lipinski definition) is 2. The minimum absolute atomic E-state index is 0.474. The summed E-state index contributed by atoms with van der Waals surface area (Å²) < 4.78 is 5.60. The van der Waals surface area contributed by atoms with Gasteiger partial charge in [0.15, 0.2) is 0 Å². The fourth-order valence-corrected chi connectivity index (χ4v) is 3.12. The molecule has 2 heterocycles. The lowest BCUT2D eigenvalue weighted by Crippen LogP contribution is -2.49. The van der Waals surface area contributed by atoms with Crippen molar-refractivity contribution in [3.05, 3.63) is 5.82 Å². The maximum absolute atomic E-state index is 5.60. The smallest absolute Gasteiger partial charge is 0.244 e. The zero-order valence-electron chi connectivity index (χ0n) is 12.4. The predicted octanol–water partition coefficient (Wildman–Crippen LogP) is 0.960. The van der Waals surface area contributed by atoms with Crippen molar-refractivity contribution in [1.82, 2.24) is 20.5 Å². The van der Waals surface area contributed by atoms with Crippen molar-refractivity contribution < 1.29 is 4.74 Å². The molecule has 1 aromatic rings. The number of nitrogens with zero attached hydrogens (tertiary/aromatic N) is 3. The van der Waals surface area contributed by atoms with E-state index >= 15 is 0 Å². The van der Waals surface area contributed by atoms with Crippen LogP contribution >= 0.6 is 0 Å². The Morgan fingerprint density at radius 3 is 3.00 bits per heavy atom. The molecule has 2 fully saturated rings.